The van der Waals surface area contributed by atoms with E-state index in [9.17, 15) is 0 Å². The van der Waals surface area contributed by atoms with Crippen LogP contribution in [-0.2, 0) is 9.47 Å². The minimum Gasteiger partial charge on any atom is -0.379 e. The van der Waals surface area contributed by atoms with Gasteiger partial charge in [0.25, 0.3) is 0 Å². The molecule has 1 aromatic carbocycles. The Morgan fingerprint density at radius 2 is 1.83 bits per heavy atom. The van der Waals surface area contributed by atoms with Crippen LogP contribution in [0.25, 0.3) is 0 Å². The molecule has 102 valence electrons. The van der Waals surface area contributed by atoms with E-state index >= 15 is 0 Å². The Bertz CT molecular complexity index is 301. The zero-order valence-electron chi connectivity index (χ0n) is 11.7. The lowest BCUT2D eigenvalue weighted by atomic mass is 10.1. The number of benzene rings is 1. The Balaban J connectivity index is 2.47. The number of hydrogen-bond acceptors (Lipinski definition) is 3. The Labute approximate surface area is 110 Å². The zero-order chi connectivity index (χ0) is 13.2. The highest BCUT2D eigenvalue weighted by Gasteiger charge is 2.11. The van der Waals surface area contributed by atoms with Gasteiger partial charge in [0.2, 0.25) is 0 Å². The average Bonchev–Trinajstić information content (AvgIpc) is 2.38. The molecule has 1 atom stereocenters. The molecule has 0 aliphatic heterocycles. The summed E-state index contributed by atoms with van der Waals surface area (Å²) in [6.45, 7) is 9.13. The van der Waals surface area contributed by atoms with Gasteiger partial charge in [0.1, 0.15) is 0 Å². The van der Waals surface area contributed by atoms with Crippen molar-refractivity contribution in [2.45, 2.75) is 32.9 Å². The Morgan fingerprint density at radius 3 is 2.44 bits per heavy atom. The van der Waals surface area contributed by atoms with E-state index in [1.807, 2.05) is 25.1 Å². The van der Waals surface area contributed by atoms with Gasteiger partial charge in [-0.25, -0.2) is 0 Å². The van der Waals surface area contributed by atoms with E-state index in [4.69, 9.17) is 9.47 Å². The van der Waals surface area contributed by atoms with Crippen LogP contribution in [-0.4, -0.2) is 32.4 Å². The van der Waals surface area contributed by atoms with Crippen LogP contribution in [0.15, 0.2) is 30.3 Å². The first-order chi connectivity index (χ1) is 8.74. The first kappa shape index (κ1) is 15.2. The summed E-state index contributed by atoms with van der Waals surface area (Å²) in [6.07, 6.45) is 0.0917. The van der Waals surface area contributed by atoms with Crippen LogP contribution in [0, 0.1) is 0 Å². The second-order valence-corrected chi connectivity index (χ2v) is 4.53. The molecule has 0 heterocycles. The third-order valence-electron chi connectivity index (χ3n) is 2.63. The molecule has 0 radical (unpaired) electrons. The van der Waals surface area contributed by atoms with E-state index in [2.05, 4.69) is 31.3 Å². The molecule has 0 fully saturated rings. The van der Waals surface area contributed by atoms with Crippen LogP contribution >= 0.6 is 0 Å². The first-order valence-electron chi connectivity index (χ1n) is 6.71. The average molecular weight is 251 g/mol. The summed E-state index contributed by atoms with van der Waals surface area (Å²) < 4.78 is 11.2. The fourth-order valence-electron chi connectivity index (χ4n) is 1.68. The van der Waals surface area contributed by atoms with Crippen molar-refractivity contribution < 1.29 is 9.47 Å². The monoisotopic (exact) mass is 251 g/mol. The number of rotatable bonds is 9. The highest BCUT2D eigenvalue weighted by atomic mass is 16.5. The standard InChI is InChI=1S/C15H25NO2/c1-4-17-10-11-18-15(12-16-13(2)3)14-8-6-5-7-9-14/h5-9,13,15-16H,4,10-12H2,1-3H3. The van der Waals surface area contributed by atoms with Gasteiger partial charge in [-0.3, -0.25) is 0 Å². The molecule has 0 spiro atoms. The van der Waals surface area contributed by atoms with Crippen LogP contribution in [0.1, 0.15) is 32.4 Å². The molecule has 3 nitrogen and oxygen atoms in total. The zero-order valence-corrected chi connectivity index (χ0v) is 11.7. The molecule has 0 aromatic heterocycles. The van der Waals surface area contributed by atoms with E-state index < -0.39 is 0 Å². The Hall–Kier alpha value is -0.900. The molecule has 0 aliphatic rings. The summed E-state index contributed by atoms with van der Waals surface area (Å²) >= 11 is 0. The second kappa shape index (κ2) is 9.09. The topological polar surface area (TPSA) is 30.5 Å². The molecule has 18 heavy (non-hydrogen) atoms. The van der Waals surface area contributed by atoms with Crippen molar-refractivity contribution in [1.82, 2.24) is 5.32 Å². The highest BCUT2D eigenvalue weighted by Crippen LogP contribution is 2.16. The van der Waals surface area contributed by atoms with Gasteiger partial charge in [-0.05, 0) is 12.5 Å². The lowest BCUT2D eigenvalue weighted by Crippen LogP contribution is -2.29. The molecule has 3 heteroatoms. The summed E-state index contributed by atoms with van der Waals surface area (Å²) in [5, 5.41) is 3.42. The molecule has 0 saturated carbocycles. The van der Waals surface area contributed by atoms with Gasteiger partial charge in [0.05, 0.1) is 19.3 Å². The van der Waals surface area contributed by atoms with Gasteiger partial charge in [-0.2, -0.15) is 0 Å². The van der Waals surface area contributed by atoms with Crippen molar-refractivity contribution >= 4 is 0 Å². The van der Waals surface area contributed by atoms with Crippen molar-refractivity contribution in [2.75, 3.05) is 26.4 Å². The molecule has 1 aromatic rings. The fourth-order valence-corrected chi connectivity index (χ4v) is 1.68. The fraction of sp³-hybridized carbons (Fsp3) is 0.600. The predicted molar refractivity (Wildman–Crippen MR) is 74.8 cm³/mol. The Morgan fingerprint density at radius 1 is 1.11 bits per heavy atom. The minimum absolute atomic E-state index is 0.0917. The lowest BCUT2D eigenvalue weighted by molar-refractivity contribution is 0.00617. The van der Waals surface area contributed by atoms with Crippen molar-refractivity contribution in [3.8, 4) is 0 Å². The molecule has 1 rings (SSSR count). The van der Waals surface area contributed by atoms with E-state index in [1.54, 1.807) is 0 Å². The van der Waals surface area contributed by atoms with E-state index in [-0.39, 0.29) is 6.10 Å². The van der Waals surface area contributed by atoms with Crippen molar-refractivity contribution in [2.24, 2.45) is 0 Å². The largest absolute Gasteiger partial charge is 0.379 e. The van der Waals surface area contributed by atoms with Gasteiger partial charge < -0.3 is 14.8 Å². The van der Waals surface area contributed by atoms with Crippen LogP contribution in [0.5, 0.6) is 0 Å². The maximum atomic E-state index is 5.89. The summed E-state index contributed by atoms with van der Waals surface area (Å²) in [5.74, 6) is 0. The van der Waals surface area contributed by atoms with Crippen LogP contribution in [0.4, 0.5) is 0 Å². The molecule has 0 saturated heterocycles. The van der Waals surface area contributed by atoms with Gasteiger partial charge in [-0.15, -0.1) is 0 Å². The maximum absolute atomic E-state index is 5.89. The van der Waals surface area contributed by atoms with Gasteiger partial charge >= 0.3 is 0 Å². The highest BCUT2D eigenvalue weighted by molar-refractivity contribution is 5.17. The summed E-state index contributed by atoms with van der Waals surface area (Å²) in [5.41, 5.74) is 1.21. The third kappa shape index (κ3) is 6.15. The van der Waals surface area contributed by atoms with Gasteiger partial charge in [0.15, 0.2) is 0 Å². The van der Waals surface area contributed by atoms with Gasteiger partial charge in [-0.1, -0.05) is 44.2 Å². The van der Waals surface area contributed by atoms with Crippen molar-refractivity contribution in [3.63, 3.8) is 0 Å². The number of nitrogens with one attached hydrogen (secondary N) is 1. The minimum atomic E-state index is 0.0917. The van der Waals surface area contributed by atoms with Crippen LogP contribution < -0.4 is 5.32 Å². The van der Waals surface area contributed by atoms with Crippen molar-refractivity contribution in [1.29, 1.82) is 0 Å². The lowest BCUT2D eigenvalue weighted by Gasteiger charge is -2.20. The van der Waals surface area contributed by atoms with E-state index in [0.717, 1.165) is 13.2 Å². The summed E-state index contributed by atoms with van der Waals surface area (Å²) in [4.78, 5) is 0. The second-order valence-electron chi connectivity index (χ2n) is 4.53. The first-order valence-corrected chi connectivity index (χ1v) is 6.71. The van der Waals surface area contributed by atoms with Gasteiger partial charge in [0, 0.05) is 19.2 Å². The molecular weight excluding hydrogens is 226 g/mol. The number of hydrogen-bond donors (Lipinski definition) is 1. The van der Waals surface area contributed by atoms with Crippen LogP contribution in [0.2, 0.25) is 0 Å². The predicted octanol–water partition coefficient (Wildman–Crippen LogP) is 2.78. The quantitative estimate of drug-likeness (QED) is 0.685. The molecule has 0 bridgehead atoms. The SMILES string of the molecule is CCOCCOC(CNC(C)C)c1ccccc1. The molecule has 1 N–H and O–H groups in total. The molecule has 0 amide bonds. The van der Waals surface area contributed by atoms with Crippen LogP contribution in [0.3, 0.4) is 0 Å². The third-order valence-corrected chi connectivity index (χ3v) is 2.63. The molecular formula is C15H25NO2. The summed E-state index contributed by atoms with van der Waals surface area (Å²) in [6, 6.07) is 10.8. The molecule has 0 aliphatic carbocycles. The smallest absolute Gasteiger partial charge is 0.0950 e. The van der Waals surface area contributed by atoms with E-state index in [1.165, 1.54) is 5.56 Å². The maximum Gasteiger partial charge on any atom is 0.0950 e. The summed E-state index contributed by atoms with van der Waals surface area (Å²) in [7, 11) is 0. The Kier molecular flexibility index (Phi) is 7.65. The van der Waals surface area contributed by atoms with Crippen molar-refractivity contribution in [3.05, 3.63) is 35.9 Å². The van der Waals surface area contributed by atoms with E-state index in [0.29, 0.717) is 19.3 Å². The number of ether oxygens (including phenoxy) is 2. The normalized spacial score (nSPS) is 12.9. The molecule has 1 unspecified atom stereocenters.